The lowest BCUT2D eigenvalue weighted by atomic mass is 10.3. The van der Waals surface area contributed by atoms with E-state index in [0.29, 0.717) is 25.3 Å². The Hall–Kier alpha value is -2.26. The van der Waals surface area contributed by atoms with Crippen LogP contribution < -0.4 is 4.72 Å². The zero-order valence-corrected chi connectivity index (χ0v) is 14.2. The van der Waals surface area contributed by atoms with Crippen molar-refractivity contribution in [2.75, 3.05) is 6.54 Å². The molecule has 0 aromatic carbocycles. The molecular formula is C15H19N5O3S. The van der Waals surface area contributed by atoms with Crippen LogP contribution in [-0.4, -0.2) is 40.5 Å². The van der Waals surface area contributed by atoms with Crippen molar-refractivity contribution in [3.05, 3.63) is 42.0 Å². The number of amides is 1. The first-order chi connectivity index (χ1) is 11.5. The Labute approximate surface area is 140 Å². The van der Waals surface area contributed by atoms with E-state index in [1.807, 2.05) is 10.7 Å². The van der Waals surface area contributed by atoms with Crippen molar-refractivity contribution in [3.8, 4) is 0 Å². The lowest BCUT2D eigenvalue weighted by Crippen LogP contribution is -2.28. The minimum atomic E-state index is -3.62. The molecule has 1 aliphatic rings. The Morgan fingerprint density at radius 2 is 2.21 bits per heavy atom. The Kier molecular flexibility index (Phi) is 4.63. The number of aromatic nitrogens is 3. The number of fused-ring (bicyclic) bond motifs is 1. The summed E-state index contributed by atoms with van der Waals surface area (Å²) in [5.74, 6) is 0.0310. The van der Waals surface area contributed by atoms with Crippen molar-refractivity contribution >= 4 is 15.9 Å². The molecule has 0 saturated carbocycles. The summed E-state index contributed by atoms with van der Waals surface area (Å²) in [6.07, 6.45) is 3.65. The molecule has 0 saturated heterocycles. The van der Waals surface area contributed by atoms with Crippen molar-refractivity contribution in [3.63, 3.8) is 0 Å². The second-order valence-corrected chi connectivity index (χ2v) is 7.42. The van der Waals surface area contributed by atoms with Gasteiger partial charge < -0.3 is 4.90 Å². The standard InChI is InChI=1S/C15H19N5O3S/c1-12(21)19-6-3-7-20-14(11-19)8-13(18-20)9-17-24(22,23)15-4-2-5-16-10-15/h2,4-5,8,10,17H,3,6-7,9,11H2,1H3. The number of carbonyl (C=O) groups excluding carboxylic acids is 1. The molecule has 0 bridgehead atoms. The number of hydrogen-bond acceptors (Lipinski definition) is 5. The molecule has 3 heterocycles. The van der Waals surface area contributed by atoms with Gasteiger partial charge in [-0.25, -0.2) is 13.1 Å². The monoisotopic (exact) mass is 349 g/mol. The van der Waals surface area contributed by atoms with Crippen molar-refractivity contribution in [1.82, 2.24) is 24.4 Å². The topological polar surface area (TPSA) is 97.2 Å². The van der Waals surface area contributed by atoms with E-state index >= 15 is 0 Å². The lowest BCUT2D eigenvalue weighted by Gasteiger charge is -2.17. The molecule has 0 unspecified atom stereocenters. The molecule has 128 valence electrons. The minimum Gasteiger partial charge on any atom is -0.337 e. The van der Waals surface area contributed by atoms with E-state index in [-0.39, 0.29) is 17.3 Å². The number of aryl methyl sites for hydroxylation is 1. The number of rotatable bonds is 4. The van der Waals surface area contributed by atoms with Gasteiger partial charge in [0.05, 0.1) is 24.5 Å². The minimum absolute atomic E-state index is 0.0310. The normalized spacial score (nSPS) is 15.0. The Morgan fingerprint density at radius 1 is 1.38 bits per heavy atom. The number of hydrogen-bond donors (Lipinski definition) is 1. The van der Waals surface area contributed by atoms with Gasteiger partial charge in [-0.05, 0) is 24.6 Å². The molecule has 1 N–H and O–H groups in total. The smallest absolute Gasteiger partial charge is 0.242 e. The third kappa shape index (κ3) is 3.62. The van der Waals surface area contributed by atoms with E-state index in [0.717, 1.165) is 12.1 Å². The maximum Gasteiger partial charge on any atom is 0.242 e. The molecule has 3 rings (SSSR count). The van der Waals surface area contributed by atoms with Crippen molar-refractivity contribution in [2.24, 2.45) is 0 Å². The van der Waals surface area contributed by atoms with Gasteiger partial charge in [0.2, 0.25) is 15.9 Å². The summed E-state index contributed by atoms with van der Waals surface area (Å²) in [6, 6.07) is 4.90. The summed E-state index contributed by atoms with van der Waals surface area (Å²) in [6.45, 7) is 3.57. The first kappa shape index (κ1) is 16.6. The third-order valence-electron chi connectivity index (χ3n) is 3.90. The molecular weight excluding hydrogens is 330 g/mol. The van der Waals surface area contributed by atoms with E-state index in [2.05, 4.69) is 14.8 Å². The van der Waals surface area contributed by atoms with Gasteiger partial charge in [0.25, 0.3) is 0 Å². The molecule has 0 fully saturated rings. The summed E-state index contributed by atoms with van der Waals surface area (Å²) < 4.78 is 28.8. The van der Waals surface area contributed by atoms with E-state index in [1.54, 1.807) is 17.9 Å². The SMILES string of the molecule is CC(=O)N1CCCn2nc(CNS(=O)(=O)c3cccnc3)cc2C1. The van der Waals surface area contributed by atoms with Gasteiger partial charge in [0, 0.05) is 32.4 Å². The first-order valence-corrected chi connectivity index (χ1v) is 9.15. The highest BCUT2D eigenvalue weighted by Crippen LogP contribution is 2.14. The molecule has 9 heteroatoms. The van der Waals surface area contributed by atoms with Crippen molar-refractivity contribution in [1.29, 1.82) is 0 Å². The van der Waals surface area contributed by atoms with Crippen LogP contribution in [0.3, 0.4) is 0 Å². The second-order valence-electron chi connectivity index (χ2n) is 5.66. The number of carbonyl (C=O) groups is 1. The summed E-state index contributed by atoms with van der Waals surface area (Å²) in [5.41, 5.74) is 1.54. The highest BCUT2D eigenvalue weighted by Gasteiger charge is 2.19. The highest BCUT2D eigenvalue weighted by atomic mass is 32.2. The molecule has 2 aromatic rings. The van der Waals surface area contributed by atoms with E-state index in [4.69, 9.17) is 0 Å². The van der Waals surface area contributed by atoms with Gasteiger partial charge in [-0.3, -0.25) is 14.5 Å². The van der Waals surface area contributed by atoms with Crippen LogP contribution in [-0.2, 0) is 34.5 Å². The van der Waals surface area contributed by atoms with Gasteiger partial charge in [0.15, 0.2) is 0 Å². The number of pyridine rings is 1. The second kappa shape index (κ2) is 6.70. The number of nitrogens with zero attached hydrogens (tertiary/aromatic N) is 4. The summed E-state index contributed by atoms with van der Waals surface area (Å²) in [4.78, 5) is 17.3. The average molecular weight is 349 g/mol. The molecule has 0 atom stereocenters. The van der Waals surface area contributed by atoms with E-state index < -0.39 is 10.0 Å². The number of nitrogens with one attached hydrogen (secondary N) is 1. The Bertz CT molecular complexity index is 832. The zero-order valence-electron chi connectivity index (χ0n) is 13.3. The van der Waals surface area contributed by atoms with Crippen LogP contribution in [0.15, 0.2) is 35.5 Å². The lowest BCUT2D eigenvalue weighted by molar-refractivity contribution is -0.129. The quantitative estimate of drug-likeness (QED) is 0.867. The van der Waals surface area contributed by atoms with Crippen LogP contribution in [0.1, 0.15) is 24.7 Å². The fraction of sp³-hybridized carbons (Fsp3) is 0.400. The summed E-state index contributed by atoms with van der Waals surface area (Å²) >= 11 is 0. The molecule has 0 spiro atoms. The van der Waals surface area contributed by atoms with Gasteiger partial charge >= 0.3 is 0 Å². The predicted molar refractivity (Wildman–Crippen MR) is 86.2 cm³/mol. The van der Waals surface area contributed by atoms with E-state index in [1.165, 1.54) is 18.5 Å². The fourth-order valence-corrected chi connectivity index (χ4v) is 3.60. The largest absolute Gasteiger partial charge is 0.337 e. The molecule has 1 amide bonds. The van der Waals surface area contributed by atoms with Crippen LogP contribution in [0.4, 0.5) is 0 Å². The Morgan fingerprint density at radius 3 is 2.92 bits per heavy atom. The molecule has 24 heavy (non-hydrogen) atoms. The number of sulfonamides is 1. The van der Waals surface area contributed by atoms with Crippen molar-refractivity contribution in [2.45, 2.75) is 37.9 Å². The predicted octanol–water partition coefficient (Wildman–Crippen LogP) is 0.509. The molecule has 0 aliphatic carbocycles. The summed E-state index contributed by atoms with van der Waals surface area (Å²) in [5, 5.41) is 4.44. The average Bonchev–Trinajstić information content (AvgIpc) is 2.84. The Balaban J connectivity index is 1.72. The zero-order chi connectivity index (χ0) is 17.2. The van der Waals surface area contributed by atoms with Crippen molar-refractivity contribution < 1.29 is 13.2 Å². The van der Waals surface area contributed by atoms with E-state index in [9.17, 15) is 13.2 Å². The first-order valence-electron chi connectivity index (χ1n) is 7.66. The van der Waals surface area contributed by atoms with Gasteiger partial charge in [-0.1, -0.05) is 0 Å². The van der Waals surface area contributed by atoms with Crippen LogP contribution >= 0.6 is 0 Å². The molecule has 1 aliphatic heterocycles. The maximum atomic E-state index is 12.2. The molecule has 2 aromatic heterocycles. The van der Waals surface area contributed by atoms with Crippen LogP contribution in [0, 0.1) is 0 Å². The third-order valence-corrected chi connectivity index (χ3v) is 5.28. The summed E-state index contributed by atoms with van der Waals surface area (Å²) in [7, 11) is -3.62. The van der Waals surface area contributed by atoms with Crippen LogP contribution in [0.5, 0.6) is 0 Å². The van der Waals surface area contributed by atoms with Gasteiger partial charge in [-0.2, -0.15) is 5.10 Å². The maximum absolute atomic E-state index is 12.2. The van der Waals surface area contributed by atoms with Crippen LogP contribution in [0.25, 0.3) is 0 Å². The fourth-order valence-electron chi connectivity index (χ4n) is 2.64. The van der Waals surface area contributed by atoms with Crippen LogP contribution in [0.2, 0.25) is 0 Å². The highest BCUT2D eigenvalue weighted by molar-refractivity contribution is 7.89. The van der Waals surface area contributed by atoms with Gasteiger partial charge in [0.1, 0.15) is 4.90 Å². The molecule has 0 radical (unpaired) electrons. The van der Waals surface area contributed by atoms with Gasteiger partial charge in [-0.15, -0.1) is 0 Å². The molecule has 8 nitrogen and oxygen atoms in total.